The summed E-state index contributed by atoms with van der Waals surface area (Å²) in [5.41, 5.74) is 5.25. The fourth-order valence-electron chi connectivity index (χ4n) is 4.86. The van der Waals surface area contributed by atoms with Gasteiger partial charge in [0.15, 0.2) is 0 Å². The Morgan fingerprint density at radius 3 is 2.65 bits per heavy atom. The molecule has 7 heterocycles. The first-order valence-electron chi connectivity index (χ1n) is 10.6. The highest BCUT2D eigenvalue weighted by molar-refractivity contribution is 5.87. The maximum absolute atomic E-state index is 9.62. The monoisotopic (exact) mass is 410 g/mol. The highest BCUT2D eigenvalue weighted by atomic mass is 15.3. The maximum Gasteiger partial charge on any atom is 0.128 e. The Balaban J connectivity index is 1.44. The molecule has 3 aliphatic rings. The standard InChI is InChI=1S/C23H22N8/c1-29-12-18(10-27-29)16-6-21(23-17(7-24)9-28-31(23)13-16)15-2-5-22(26-8-15)30-14-19-3-4-20(30)11-25-19/h2,5-6,8-10,12-13,19-20,25H,3-4,11,14H2,1H3. The van der Waals surface area contributed by atoms with E-state index in [0.717, 1.165) is 46.7 Å². The molecule has 7 rings (SSSR count). The topological polar surface area (TPSA) is 87.1 Å². The number of hydrogen-bond donors (Lipinski definition) is 1. The van der Waals surface area contributed by atoms with Gasteiger partial charge in [-0.25, -0.2) is 9.50 Å². The van der Waals surface area contributed by atoms with E-state index in [1.807, 2.05) is 31.8 Å². The number of piperazine rings is 1. The number of aromatic nitrogens is 5. The molecule has 8 nitrogen and oxygen atoms in total. The van der Waals surface area contributed by atoms with Crippen molar-refractivity contribution in [1.29, 1.82) is 5.26 Å². The molecule has 0 radical (unpaired) electrons. The van der Waals surface area contributed by atoms with Crippen LogP contribution in [0.5, 0.6) is 0 Å². The molecule has 2 unspecified atom stereocenters. The minimum absolute atomic E-state index is 0.518. The molecule has 0 spiro atoms. The van der Waals surface area contributed by atoms with Gasteiger partial charge < -0.3 is 10.2 Å². The third-order valence-corrected chi connectivity index (χ3v) is 6.47. The Labute approximate surface area is 179 Å². The van der Waals surface area contributed by atoms with Crippen molar-refractivity contribution in [2.45, 2.75) is 24.9 Å². The molecule has 8 heteroatoms. The zero-order valence-electron chi connectivity index (χ0n) is 17.2. The van der Waals surface area contributed by atoms with Crippen LogP contribution in [0.2, 0.25) is 0 Å². The molecule has 0 aliphatic carbocycles. The molecule has 3 aliphatic heterocycles. The van der Waals surface area contributed by atoms with Crippen LogP contribution in [0.25, 0.3) is 27.8 Å². The number of nitriles is 1. The quantitative estimate of drug-likeness (QED) is 0.559. The van der Waals surface area contributed by atoms with Crippen molar-refractivity contribution in [1.82, 2.24) is 29.7 Å². The minimum Gasteiger partial charge on any atom is -0.351 e. The molecular weight excluding hydrogens is 388 g/mol. The molecule has 2 atom stereocenters. The highest BCUT2D eigenvalue weighted by Crippen LogP contribution is 2.33. The number of nitrogens with zero attached hydrogens (tertiary/aromatic N) is 7. The van der Waals surface area contributed by atoms with Gasteiger partial charge in [-0.15, -0.1) is 0 Å². The lowest BCUT2D eigenvalue weighted by molar-refractivity contribution is 0.289. The van der Waals surface area contributed by atoms with Crippen LogP contribution in [0.15, 0.2) is 49.2 Å². The van der Waals surface area contributed by atoms with Crippen molar-refractivity contribution in [2.24, 2.45) is 7.05 Å². The van der Waals surface area contributed by atoms with E-state index >= 15 is 0 Å². The first-order chi connectivity index (χ1) is 15.2. The number of anilines is 1. The van der Waals surface area contributed by atoms with Gasteiger partial charge in [-0.1, -0.05) is 0 Å². The second kappa shape index (κ2) is 6.93. The molecule has 0 aromatic carbocycles. The fourth-order valence-corrected chi connectivity index (χ4v) is 4.86. The van der Waals surface area contributed by atoms with Gasteiger partial charge in [0.25, 0.3) is 0 Å². The smallest absolute Gasteiger partial charge is 0.128 e. The van der Waals surface area contributed by atoms with Crippen LogP contribution in [0.3, 0.4) is 0 Å². The summed E-state index contributed by atoms with van der Waals surface area (Å²) in [6.07, 6.45) is 11.7. The zero-order chi connectivity index (χ0) is 20.9. The van der Waals surface area contributed by atoms with Crippen LogP contribution in [-0.2, 0) is 7.05 Å². The zero-order valence-corrected chi connectivity index (χ0v) is 17.2. The van der Waals surface area contributed by atoms with Crippen molar-refractivity contribution in [3.8, 4) is 28.3 Å². The predicted octanol–water partition coefficient (Wildman–Crippen LogP) is 2.61. The number of aryl methyl sites for hydroxylation is 1. The molecule has 154 valence electrons. The van der Waals surface area contributed by atoms with Crippen molar-refractivity contribution >= 4 is 11.3 Å². The number of piperidine rings is 2. The lowest BCUT2D eigenvalue weighted by atomic mass is 9.93. The second-order valence-corrected chi connectivity index (χ2v) is 8.40. The van der Waals surface area contributed by atoms with E-state index in [0.29, 0.717) is 17.6 Å². The van der Waals surface area contributed by atoms with Gasteiger partial charge in [-0.05, 0) is 31.0 Å². The Morgan fingerprint density at radius 1 is 1.06 bits per heavy atom. The third-order valence-electron chi connectivity index (χ3n) is 6.47. The average Bonchev–Trinajstić information content (AvgIpc) is 3.45. The van der Waals surface area contributed by atoms with Crippen LogP contribution in [0.1, 0.15) is 18.4 Å². The Morgan fingerprint density at radius 2 is 2.00 bits per heavy atom. The lowest BCUT2D eigenvalue weighted by Crippen LogP contribution is -2.61. The number of nitrogens with one attached hydrogen (secondary N) is 1. The number of pyridine rings is 2. The van der Waals surface area contributed by atoms with Crippen LogP contribution in [-0.4, -0.2) is 49.6 Å². The van der Waals surface area contributed by atoms with Crippen molar-refractivity contribution in [2.75, 3.05) is 18.0 Å². The molecule has 4 aromatic rings. The van der Waals surface area contributed by atoms with Gasteiger partial charge in [0.05, 0.1) is 23.5 Å². The van der Waals surface area contributed by atoms with Crippen LogP contribution >= 0.6 is 0 Å². The summed E-state index contributed by atoms with van der Waals surface area (Å²) in [6.45, 7) is 2.04. The first kappa shape index (κ1) is 18.1. The molecule has 3 fully saturated rings. The van der Waals surface area contributed by atoms with Gasteiger partial charge in [0, 0.05) is 73.1 Å². The van der Waals surface area contributed by atoms with E-state index in [9.17, 15) is 5.26 Å². The summed E-state index contributed by atoms with van der Waals surface area (Å²) < 4.78 is 3.56. The Bertz CT molecular complexity index is 1300. The Hall–Kier alpha value is -3.70. The summed E-state index contributed by atoms with van der Waals surface area (Å²) >= 11 is 0. The second-order valence-electron chi connectivity index (χ2n) is 8.40. The van der Waals surface area contributed by atoms with E-state index in [1.54, 1.807) is 15.4 Å². The summed E-state index contributed by atoms with van der Waals surface area (Å²) in [5.74, 6) is 1.02. The number of fused-ring (bicyclic) bond motifs is 4. The molecule has 3 saturated heterocycles. The minimum atomic E-state index is 0.518. The number of hydrogen-bond acceptors (Lipinski definition) is 6. The van der Waals surface area contributed by atoms with E-state index in [2.05, 4.69) is 44.7 Å². The maximum atomic E-state index is 9.62. The predicted molar refractivity (Wildman–Crippen MR) is 117 cm³/mol. The van der Waals surface area contributed by atoms with Gasteiger partial charge in [0.2, 0.25) is 0 Å². The van der Waals surface area contributed by atoms with E-state index in [4.69, 9.17) is 4.98 Å². The van der Waals surface area contributed by atoms with Crippen molar-refractivity contribution < 1.29 is 0 Å². The van der Waals surface area contributed by atoms with Gasteiger partial charge in [0.1, 0.15) is 11.9 Å². The van der Waals surface area contributed by atoms with Crippen LogP contribution < -0.4 is 10.2 Å². The molecule has 4 aromatic heterocycles. The van der Waals surface area contributed by atoms with Gasteiger partial charge in [-0.3, -0.25) is 4.68 Å². The van der Waals surface area contributed by atoms with E-state index in [-0.39, 0.29) is 0 Å². The summed E-state index contributed by atoms with van der Waals surface area (Å²) in [5, 5.41) is 21.9. The lowest BCUT2D eigenvalue weighted by Gasteiger charge is -2.46. The summed E-state index contributed by atoms with van der Waals surface area (Å²) in [6, 6.07) is 9.65. The fraction of sp³-hybridized carbons (Fsp3) is 0.304. The molecule has 0 saturated carbocycles. The molecule has 31 heavy (non-hydrogen) atoms. The van der Waals surface area contributed by atoms with E-state index in [1.165, 1.54) is 12.8 Å². The van der Waals surface area contributed by atoms with Gasteiger partial charge in [-0.2, -0.15) is 15.5 Å². The average molecular weight is 410 g/mol. The van der Waals surface area contributed by atoms with E-state index < -0.39 is 0 Å². The SMILES string of the molecule is Cn1cc(-c2cc(-c3ccc(N4CC5CCC4CN5)nc3)c3c(C#N)cnn3c2)cn1. The highest BCUT2D eigenvalue weighted by Gasteiger charge is 2.33. The first-order valence-corrected chi connectivity index (χ1v) is 10.6. The van der Waals surface area contributed by atoms with Crippen molar-refractivity contribution in [3.63, 3.8) is 0 Å². The summed E-state index contributed by atoms with van der Waals surface area (Å²) in [7, 11) is 1.90. The molecule has 2 bridgehead atoms. The normalized spacial score (nSPS) is 20.3. The number of rotatable bonds is 3. The van der Waals surface area contributed by atoms with Crippen LogP contribution in [0, 0.1) is 11.3 Å². The summed E-state index contributed by atoms with van der Waals surface area (Å²) in [4.78, 5) is 7.25. The van der Waals surface area contributed by atoms with Crippen molar-refractivity contribution in [3.05, 3.63) is 54.7 Å². The third kappa shape index (κ3) is 2.97. The molecule has 1 N–H and O–H groups in total. The molecule has 0 amide bonds. The molecular formula is C23H22N8. The van der Waals surface area contributed by atoms with Gasteiger partial charge >= 0.3 is 0 Å². The largest absolute Gasteiger partial charge is 0.351 e. The Kier molecular flexibility index (Phi) is 4.04. The van der Waals surface area contributed by atoms with Crippen LogP contribution in [0.4, 0.5) is 5.82 Å².